The third-order valence-electron chi connectivity index (χ3n) is 2.46. The SMILES string of the molecule is COCCOc1cc(CI)c2ccccc2n1. The number of hydrogen-bond acceptors (Lipinski definition) is 3. The van der Waals surface area contributed by atoms with Crippen LogP contribution in [0.2, 0.25) is 0 Å². The second kappa shape index (κ2) is 6.16. The molecule has 0 aliphatic carbocycles. The van der Waals surface area contributed by atoms with Crippen molar-refractivity contribution < 1.29 is 9.47 Å². The number of rotatable bonds is 5. The average molecular weight is 343 g/mol. The lowest BCUT2D eigenvalue weighted by atomic mass is 10.1. The van der Waals surface area contributed by atoms with Gasteiger partial charge in [0.25, 0.3) is 0 Å². The fourth-order valence-corrected chi connectivity index (χ4v) is 2.27. The van der Waals surface area contributed by atoms with Gasteiger partial charge in [-0.15, -0.1) is 0 Å². The van der Waals surface area contributed by atoms with Crippen molar-refractivity contribution >= 4 is 33.5 Å². The molecule has 0 aliphatic rings. The molecule has 0 amide bonds. The molecule has 0 fully saturated rings. The minimum atomic E-state index is 0.530. The number of hydrogen-bond donors (Lipinski definition) is 0. The Morgan fingerprint density at radius 2 is 2.06 bits per heavy atom. The number of aromatic nitrogens is 1. The number of ether oxygens (including phenoxy) is 2. The quantitative estimate of drug-likeness (QED) is 0.475. The second-order valence-electron chi connectivity index (χ2n) is 3.61. The molecule has 0 N–H and O–H groups in total. The van der Waals surface area contributed by atoms with Crippen molar-refractivity contribution in [1.29, 1.82) is 0 Å². The summed E-state index contributed by atoms with van der Waals surface area (Å²) in [6.45, 7) is 1.11. The lowest BCUT2D eigenvalue weighted by Gasteiger charge is -2.08. The largest absolute Gasteiger partial charge is 0.475 e. The van der Waals surface area contributed by atoms with E-state index >= 15 is 0 Å². The van der Waals surface area contributed by atoms with Gasteiger partial charge < -0.3 is 9.47 Å². The molecule has 2 rings (SSSR count). The first-order chi connectivity index (χ1) is 8.35. The Kier molecular flexibility index (Phi) is 4.56. The van der Waals surface area contributed by atoms with Crippen LogP contribution in [0.5, 0.6) is 5.88 Å². The van der Waals surface area contributed by atoms with Crippen molar-refractivity contribution in [3.05, 3.63) is 35.9 Å². The molecular formula is C13H14INO2. The molecule has 90 valence electrons. The van der Waals surface area contributed by atoms with Crippen molar-refractivity contribution in [2.45, 2.75) is 4.43 Å². The van der Waals surface area contributed by atoms with Crippen LogP contribution in [0, 0.1) is 0 Å². The van der Waals surface area contributed by atoms with Crippen LogP contribution in [0.3, 0.4) is 0 Å². The summed E-state index contributed by atoms with van der Waals surface area (Å²) in [6.07, 6.45) is 0. The Balaban J connectivity index is 2.32. The van der Waals surface area contributed by atoms with Crippen LogP contribution in [0.15, 0.2) is 30.3 Å². The minimum Gasteiger partial charge on any atom is -0.475 e. The molecule has 1 aromatic heterocycles. The molecule has 0 aliphatic heterocycles. The number of halogens is 1. The monoisotopic (exact) mass is 343 g/mol. The Morgan fingerprint density at radius 3 is 2.82 bits per heavy atom. The summed E-state index contributed by atoms with van der Waals surface area (Å²) in [5.41, 5.74) is 2.23. The van der Waals surface area contributed by atoms with Crippen molar-refractivity contribution in [1.82, 2.24) is 4.98 Å². The molecular weight excluding hydrogens is 329 g/mol. The summed E-state index contributed by atoms with van der Waals surface area (Å²) < 4.78 is 11.5. The predicted octanol–water partition coefficient (Wildman–Crippen LogP) is 3.20. The zero-order valence-corrected chi connectivity index (χ0v) is 11.8. The van der Waals surface area contributed by atoms with Gasteiger partial charge >= 0.3 is 0 Å². The Labute approximate surface area is 114 Å². The maximum atomic E-state index is 5.56. The van der Waals surface area contributed by atoms with Gasteiger partial charge in [-0.1, -0.05) is 40.8 Å². The Hall–Kier alpha value is -0.880. The van der Waals surface area contributed by atoms with E-state index in [1.54, 1.807) is 7.11 Å². The Morgan fingerprint density at radius 1 is 1.24 bits per heavy atom. The Bertz CT molecular complexity index is 502. The van der Waals surface area contributed by atoms with E-state index in [0.29, 0.717) is 19.1 Å². The van der Waals surface area contributed by atoms with Crippen molar-refractivity contribution in [2.24, 2.45) is 0 Å². The summed E-state index contributed by atoms with van der Waals surface area (Å²) in [5.74, 6) is 0.674. The first-order valence-corrected chi connectivity index (χ1v) is 6.94. The van der Waals surface area contributed by atoms with Crippen LogP contribution in [0.1, 0.15) is 5.56 Å². The van der Waals surface area contributed by atoms with E-state index in [4.69, 9.17) is 9.47 Å². The maximum Gasteiger partial charge on any atom is 0.214 e. The molecule has 1 aromatic carbocycles. The number of benzene rings is 1. The van der Waals surface area contributed by atoms with Gasteiger partial charge in [0.2, 0.25) is 5.88 Å². The second-order valence-corrected chi connectivity index (χ2v) is 4.37. The van der Waals surface area contributed by atoms with E-state index in [-0.39, 0.29) is 0 Å². The fourth-order valence-electron chi connectivity index (χ4n) is 1.63. The third kappa shape index (κ3) is 3.07. The zero-order valence-electron chi connectivity index (χ0n) is 9.65. The van der Waals surface area contributed by atoms with Crippen LogP contribution in [-0.2, 0) is 9.16 Å². The van der Waals surface area contributed by atoms with Crippen molar-refractivity contribution in [2.75, 3.05) is 20.3 Å². The smallest absolute Gasteiger partial charge is 0.214 e. The van der Waals surface area contributed by atoms with Crippen molar-refractivity contribution in [3.8, 4) is 5.88 Å². The summed E-state index contributed by atoms with van der Waals surface area (Å²) in [4.78, 5) is 4.47. The fraction of sp³-hybridized carbons (Fsp3) is 0.308. The van der Waals surface area contributed by atoms with Crippen LogP contribution >= 0.6 is 22.6 Å². The molecule has 4 heteroatoms. The number of fused-ring (bicyclic) bond motifs is 1. The maximum absolute atomic E-state index is 5.56. The van der Waals surface area contributed by atoms with Crippen LogP contribution in [0.25, 0.3) is 10.9 Å². The molecule has 0 unspecified atom stereocenters. The van der Waals surface area contributed by atoms with Gasteiger partial charge in [0.1, 0.15) is 6.61 Å². The minimum absolute atomic E-state index is 0.530. The van der Waals surface area contributed by atoms with Gasteiger partial charge in [0.15, 0.2) is 0 Å². The highest BCUT2D eigenvalue weighted by molar-refractivity contribution is 14.1. The first kappa shape index (κ1) is 12.6. The molecule has 17 heavy (non-hydrogen) atoms. The summed E-state index contributed by atoms with van der Waals surface area (Å²) >= 11 is 2.36. The lowest BCUT2D eigenvalue weighted by Crippen LogP contribution is -2.05. The molecule has 0 saturated heterocycles. The van der Waals surface area contributed by atoms with Crippen molar-refractivity contribution in [3.63, 3.8) is 0 Å². The predicted molar refractivity (Wildman–Crippen MR) is 76.8 cm³/mol. The number of para-hydroxylation sites is 1. The molecule has 0 atom stereocenters. The van der Waals surface area contributed by atoms with Crippen LogP contribution in [0.4, 0.5) is 0 Å². The van der Waals surface area contributed by atoms with Crippen LogP contribution < -0.4 is 4.74 Å². The third-order valence-corrected chi connectivity index (χ3v) is 3.28. The van der Waals surface area contributed by atoms with E-state index in [2.05, 4.69) is 33.6 Å². The number of methoxy groups -OCH3 is 1. The molecule has 0 bridgehead atoms. The topological polar surface area (TPSA) is 31.4 Å². The molecule has 3 nitrogen and oxygen atoms in total. The molecule has 0 radical (unpaired) electrons. The molecule has 0 saturated carbocycles. The molecule has 2 aromatic rings. The highest BCUT2D eigenvalue weighted by atomic mass is 127. The van der Waals surface area contributed by atoms with Gasteiger partial charge in [-0.2, -0.15) is 0 Å². The molecule has 0 spiro atoms. The highest BCUT2D eigenvalue weighted by Gasteiger charge is 2.05. The standard InChI is InChI=1S/C13H14INO2/c1-16-6-7-17-13-8-10(9-14)11-4-2-3-5-12(11)15-13/h2-5,8H,6-7,9H2,1H3. The number of nitrogens with zero attached hydrogens (tertiary/aromatic N) is 1. The normalized spacial score (nSPS) is 10.7. The summed E-state index contributed by atoms with van der Waals surface area (Å²) in [6, 6.07) is 10.1. The highest BCUT2D eigenvalue weighted by Crippen LogP contribution is 2.23. The van der Waals surface area contributed by atoms with Gasteiger partial charge in [-0.3, -0.25) is 0 Å². The van der Waals surface area contributed by atoms with E-state index < -0.39 is 0 Å². The lowest BCUT2D eigenvalue weighted by molar-refractivity contribution is 0.144. The average Bonchev–Trinajstić information content (AvgIpc) is 2.38. The van der Waals surface area contributed by atoms with Gasteiger partial charge in [0, 0.05) is 23.0 Å². The first-order valence-electron chi connectivity index (χ1n) is 5.41. The van der Waals surface area contributed by atoms with Gasteiger partial charge in [-0.05, 0) is 11.6 Å². The van der Waals surface area contributed by atoms with E-state index in [0.717, 1.165) is 9.94 Å². The van der Waals surface area contributed by atoms with Crippen LogP contribution in [-0.4, -0.2) is 25.3 Å². The van der Waals surface area contributed by atoms with E-state index in [1.165, 1.54) is 10.9 Å². The van der Waals surface area contributed by atoms with E-state index in [1.807, 2.05) is 24.3 Å². The van der Waals surface area contributed by atoms with E-state index in [9.17, 15) is 0 Å². The number of pyridine rings is 1. The number of alkyl halides is 1. The summed E-state index contributed by atoms with van der Waals surface area (Å²) in [5, 5.41) is 1.20. The summed E-state index contributed by atoms with van der Waals surface area (Å²) in [7, 11) is 1.66. The molecule has 1 heterocycles. The van der Waals surface area contributed by atoms with Gasteiger partial charge in [0.05, 0.1) is 12.1 Å². The zero-order chi connectivity index (χ0) is 12.1. The van der Waals surface area contributed by atoms with Gasteiger partial charge in [-0.25, -0.2) is 4.98 Å².